The number of carboxylic acids is 1. The second kappa shape index (κ2) is 35.9. The van der Waals surface area contributed by atoms with Gasteiger partial charge in [-0.2, -0.15) is 0 Å². The summed E-state index contributed by atoms with van der Waals surface area (Å²) in [7, 11) is -4.76. The number of carboxylic acid groups (broad SMARTS) is 1. The lowest BCUT2D eigenvalue weighted by atomic mass is 10.1. The van der Waals surface area contributed by atoms with Gasteiger partial charge in [-0.25, -0.2) is 9.36 Å². The summed E-state index contributed by atoms with van der Waals surface area (Å²) < 4.78 is 26.7. The molecule has 0 aliphatic carbocycles. The lowest BCUT2D eigenvalue weighted by Gasteiger charge is -2.18. The third kappa shape index (κ3) is 35.7. The highest BCUT2D eigenvalue weighted by Gasteiger charge is 2.28. The molecule has 4 N–H and O–H groups in total. The quantitative estimate of drug-likeness (QED) is 0.0211. The molecule has 0 rings (SSSR count). The monoisotopic (exact) mass is 765 g/mol. The lowest BCUT2D eigenvalue weighted by molar-refractivity contribution is -0.147. The summed E-state index contributed by atoms with van der Waals surface area (Å²) in [5.74, 6) is -2.44. The summed E-state index contributed by atoms with van der Waals surface area (Å²) in [6.07, 6.45) is 40.8. The molecule has 0 radical (unpaired) electrons. The number of phosphoric acid groups is 1. The number of ether oxygens (including phenoxy) is 1. The van der Waals surface area contributed by atoms with Gasteiger partial charge in [0.15, 0.2) is 6.04 Å². The molecule has 302 valence electrons. The third-order valence-corrected chi connectivity index (χ3v) is 8.66. The predicted octanol–water partition coefficient (Wildman–Crippen LogP) is 9.38. The molecule has 0 saturated heterocycles. The maximum atomic E-state index is 12.3. The van der Waals surface area contributed by atoms with Crippen LogP contribution in [-0.4, -0.2) is 64.9 Å². The predicted molar refractivity (Wildman–Crippen MR) is 212 cm³/mol. The van der Waals surface area contributed by atoms with E-state index in [0.717, 1.165) is 96.3 Å². The van der Waals surface area contributed by atoms with E-state index in [1.165, 1.54) is 0 Å². The molecule has 3 unspecified atom stereocenters. The molecular formula is C41H68NO10P. The Morgan fingerprint density at radius 2 is 1.09 bits per heavy atom. The smallest absolute Gasteiger partial charge is 0.472 e. The van der Waals surface area contributed by atoms with Gasteiger partial charge in [0.1, 0.15) is 12.7 Å². The highest BCUT2D eigenvalue weighted by molar-refractivity contribution is 7.47. The van der Waals surface area contributed by atoms with E-state index in [-0.39, 0.29) is 12.8 Å². The largest absolute Gasteiger partial charge is 0.480 e. The fourth-order valence-corrected chi connectivity index (χ4v) is 5.47. The first-order valence-electron chi connectivity index (χ1n) is 19.5. The number of carbonyl (C=O) groups is 3. The molecule has 0 bridgehead atoms. The number of carbonyl (C=O) groups excluding carboxylic acids is 2. The van der Waals surface area contributed by atoms with Gasteiger partial charge < -0.3 is 25.2 Å². The Kier molecular flexibility index (Phi) is 33.8. The number of hydrogen-bond acceptors (Lipinski definition) is 8. The second-order valence-electron chi connectivity index (χ2n) is 12.7. The minimum atomic E-state index is -4.76. The zero-order valence-corrected chi connectivity index (χ0v) is 33.2. The van der Waals surface area contributed by atoms with Crippen molar-refractivity contribution in [2.75, 3.05) is 19.8 Å². The topological polar surface area (TPSA) is 169 Å². The number of amides is 1. The molecule has 11 nitrogen and oxygen atoms in total. The maximum absolute atomic E-state index is 12.3. The van der Waals surface area contributed by atoms with Crippen LogP contribution in [0.1, 0.15) is 136 Å². The molecule has 0 fully saturated rings. The SMILES string of the molecule is CC/C=C\C/C=C\C/C=C\C/C=C\C/C=C\CCCCCC(=O)NC(COP(=O)(O)OCC(O)COC(=O)CCCCCCC/C=C\CCC)C(=O)O. The van der Waals surface area contributed by atoms with Gasteiger partial charge in [-0.3, -0.25) is 18.6 Å². The van der Waals surface area contributed by atoms with Crippen LogP contribution >= 0.6 is 7.82 Å². The van der Waals surface area contributed by atoms with Crippen LogP contribution in [-0.2, 0) is 32.7 Å². The van der Waals surface area contributed by atoms with Gasteiger partial charge in [0, 0.05) is 12.8 Å². The summed E-state index contributed by atoms with van der Waals surface area (Å²) in [5, 5.41) is 21.7. The Hall–Kier alpha value is -3.08. The summed E-state index contributed by atoms with van der Waals surface area (Å²) in [6.45, 7) is 2.34. The van der Waals surface area contributed by atoms with Gasteiger partial charge in [0.25, 0.3) is 0 Å². The zero-order chi connectivity index (χ0) is 39.3. The number of esters is 1. The van der Waals surface area contributed by atoms with Gasteiger partial charge in [-0.05, 0) is 77.0 Å². The van der Waals surface area contributed by atoms with Crippen LogP contribution in [0.15, 0.2) is 72.9 Å². The normalized spacial score (nSPS) is 14.6. The van der Waals surface area contributed by atoms with Crippen LogP contribution in [0.4, 0.5) is 0 Å². The van der Waals surface area contributed by atoms with Crippen LogP contribution in [0, 0.1) is 0 Å². The van der Waals surface area contributed by atoms with Crippen molar-refractivity contribution < 1.29 is 47.8 Å². The van der Waals surface area contributed by atoms with Gasteiger partial charge in [0.05, 0.1) is 13.2 Å². The van der Waals surface area contributed by atoms with Gasteiger partial charge in [-0.15, -0.1) is 0 Å². The zero-order valence-electron chi connectivity index (χ0n) is 32.3. The number of allylic oxidation sites excluding steroid dienone is 12. The molecule has 0 aliphatic heterocycles. The lowest BCUT2D eigenvalue weighted by Crippen LogP contribution is -2.43. The number of aliphatic hydroxyl groups is 1. The Labute approximate surface area is 319 Å². The van der Waals surface area contributed by atoms with Crippen molar-refractivity contribution in [2.45, 2.75) is 148 Å². The minimum absolute atomic E-state index is 0.102. The molecule has 0 aromatic heterocycles. The summed E-state index contributed by atoms with van der Waals surface area (Å²) >= 11 is 0. The van der Waals surface area contributed by atoms with E-state index < -0.39 is 57.6 Å². The molecule has 0 aromatic carbocycles. The van der Waals surface area contributed by atoms with Crippen molar-refractivity contribution in [1.82, 2.24) is 5.32 Å². The summed E-state index contributed by atoms with van der Waals surface area (Å²) in [6, 6.07) is -1.57. The maximum Gasteiger partial charge on any atom is 0.472 e. The van der Waals surface area contributed by atoms with E-state index in [9.17, 15) is 34.1 Å². The highest BCUT2D eigenvalue weighted by Crippen LogP contribution is 2.43. The highest BCUT2D eigenvalue weighted by atomic mass is 31.2. The molecule has 0 spiro atoms. The number of unbranched alkanes of at least 4 members (excludes halogenated alkanes) is 9. The Bertz CT molecular complexity index is 1180. The summed E-state index contributed by atoms with van der Waals surface area (Å²) in [4.78, 5) is 45.7. The van der Waals surface area contributed by atoms with E-state index in [4.69, 9.17) is 13.8 Å². The van der Waals surface area contributed by atoms with Crippen molar-refractivity contribution in [2.24, 2.45) is 0 Å². The fourth-order valence-electron chi connectivity index (χ4n) is 4.69. The minimum Gasteiger partial charge on any atom is -0.480 e. The number of hydrogen-bond donors (Lipinski definition) is 4. The molecule has 12 heteroatoms. The number of aliphatic hydroxyl groups excluding tert-OH is 1. The number of rotatable bonds is 35. The second-order valence-corrected chi connectivity index (χ2v) is 14.2. The summed E-state index contributed by atoms with van der Waals surface area (Å²) in [5.41, 5.74) is 0. The average molecular weight is 766 g/mol. The molecule has 3 atom stereocenters. The van der Waals surface area contributed by atoms with Gasteiger partial charge in [-0.1, -0.05) is 119 Å². The molecule has 0 heterocycles. The van der Waals surface area contributed by atoms with Crippen LogP contribution in [0.3, 0.4) is 0 Å². The number of phosphoric ester groups is 1. The van der Waals surface area contributed by atoms with Crippen LogP contribution in [0.5, 0.6) is 0 Å². The van der Waals surface area contributed by atoms with E-state index in [2.05, 4.69) is 92.1 Å². The molecular weight excluding hydrogens is 697 g/mol. The van der Waals surface area contributed by atoms with E-state index in [0.29, 0.717) is 12.8 Å². The van der Waals surface area contributed by atoms with E-state index >= 15 is 0 Å². The van der Waals surface area contributed by atoms with Crippen LogP contribution in [0.2, 0.25) is 0 Å². The number of aliphatic carboxylic acids is 1. The molecule has 0 aliphatic rings. The molecule has 1 amide bonds. The Morgan fingerprint density at radius 1 is 0.623 bits per heavy atom. The fraction of sp³-hybridized carbons (Fsp3) is 0.634. The molecule has 0 saturated carbocycles. The van der Waals surface area contributed by atoms with Gasteiger partial charge >= 0.3 is 19.8 Å². The average Bonchev–Trinajstić information content (AvgIpc) is 3.13. The Morgan fingerprint density at radius 3 is 1.68 bits per heavy atom. The van der Waals surface area contributed by atoms with Gasteiger partial charge in [0.2, 0.25) is 5.91 Å². The van der Waals surface area contributed by atoms with E-state index in [1.807, 2.05) is 0 Å². The van der Waals surface area contributed by atoms with Crippen molar-refractivity contribution in [3.63, 3.8) is 0 Å². The van der Waals surface area contributed by atoms with Crippen LogP contribution < -0.4 is 5.32 Å². The third-order valence-electron chi connectivity index (χ3n) is 7.71. The van der Waals surface area contributed by atoms with Crippen molar-refractivity contribution in [1.29, 1.82) is 0 Å². The number of nitrogens with one attached hydrogen (secondary N) is 1. The first-order valence-corrected chi connectivity index (χ1v) is 21.0. The van der Waals surface area contributed by atoms with Crippen molar-refractivity contribution in [3.8, 4) is 0 Å². The molecule has 53 heavy (non-hydrogen) atoms. The standard InChI is InChI=1S/C41H68NO10P/c1-3-5-7-9-11-13-15-16-17-18-19-20-21-22-23-24-26-28-30-32-39(44)42-38(41(46)47)36-52-53(48,49)51-35-37(43)34-50-40(45)33-31-29-27-25-14-12-10-8-6-4-2/h5,7-8,10-11,13,16-17,19-20,22-23,37-38,43H,3-4,6,9,12,14-15,18,21,24-36H2,1-2H3,(H,42,44)(H,46,47)(H,48,49)/b7-5-,10-8-,13-11-,17-16-,20-19-,23-22-. The first kappa shape index (κ1) is 49.9. The Balaban J connectivity index is 4.05. The first-order chi connectivity index (χ1) is 25.6. The van der Waals surface area contributed by atoms with Crippen molar-refractivity contribution in [3.05, 3.63) is 72.9 Å². The van der Waals surface area contributed by atoms with Crippen LogP contribution in [0.25, 0.3) is 0 Å². The molecule has 0 aromatic rings. The van der Waals surface area contributed by atoms with E-state index in [1.54, 1.807) is 0 Å². The van der Waals surface area contributed by atoms with Crippen molar-refractivity contribution >= 4 is 25.7 Å².